The van der Waals surface area contributed by atoms with E-state index in [0.717, 1.165) is 36.0 Å². The van der Waals surface area contributed by atoms with Crippen LogP contribution in [0.2, 0.25) is 0 Å². The van der Waals surface area contributed by atoms with E-state index in [4.69, 9.17) is 4.74 Å². The van der Waals surface area contributed by atoms with Crippen molar-refractivity contribution in [3.05, 3.63) is 59.4 Å². The summed E-state index contributed by atoms with van der Waals surface area (Å²) < 4.78 is 18.5. The summed E-state index contributed by atoms with van der Waals surface area (Å²) in [5.41, 5.74) is 3.39. The number of carbonyl (C=O) groups excluding carboxylic acids is 1. The average molecular weight is 366 g/mol. The minimum Gasteiger partial charge on any atom is -0.449 e. The lowest BCUT2D eigenvalue weighted by Crippen LogP contribution is -2.29. The Labute approximate surface area is 159 Å². The molecule has 1 aliphatic heterocycles. The van der Waals surface area contributed by atoms with Crippen LogP contribution in [0, 0.1) is 17.1 Å². The molecule has 0 bridgehead atoms. The van der Waals surface area contributed by atoms with Crippen LogP contribution in [0.3, 0.4) is 0 Å². The molecule has 27 heavy (non-hydrogen) atoms. The van der Waals surface area contributed by atoms with Gasteiger partial charge in [-0.2, -0.15) is 5.26 Å². The summed E-state index contributed by atoms with van der Waals surface area (Å²) in [5, 5.41) is 9.49. The Kier molecular flexibility index (Phi) is 6.08. The van der Waals surface area contributed by atoms with Gasteiger partial charge in [0.1, 0.15) is 5.82 Å². The first-order chi connectivity index (χ1) is 13.1. The Morgan fingerprint density at radius 2 is 2.00 bits per heavy atom. The van der Waals surface area contributed by atoms with E-state index in [1.807, 2.05) is 12.1 Å². The van der Waals surface area contributed by atoms with E-state index >= 15 is 0 Å². The third kappa shape index (κ3) is 4.46. The van der Waals surface area contributed by atoms with E-state index in [0.29, 0.717) is 25.3 Å². The fourth-order valence-electron chi connectivity index (χ4n) is 3.40. The summed E-state index contributed by atoms with van der Waals surface area (Å²) in [6.07, 6.45) is 2.36. The zero-order valence-corrected chi connectivity index (χ0v) is 15.5. The monoisotopic (exact) mass is 366 g/mol. The van der Waals surface area contributed by atoms with E-state index in [9.17, 15) is 14.4 Å². The lowest BCUT2D eigenvalue weighted by atomic mass is 9.90. The number of ether oxygens (including phenoxy) is 1. The Hall–Kier alpha value is -2.87. The zero-order valence-electron chi connectivity index (χ0n) is 15.5. The summed E-state index contributed by atoms with van der Waals surface area (Å²) >= 11 is 0. The van der Waals surface area contributed by atoms with Crippen LogP contribution in [0.5, 0.6) is 0 Å². The van der Waals surface area contributed by atoms with Gasteiger partial charge >= 0.3 is 6.09 Å². The molecule has 1 heterocycles. The quantitative estimate of drug-likeness (QED) is 0.693. The highest BCUT2D eigenvalue weighted by Gasteiger charge is 2.29. The normalized spacial score (nSPS) is 16.2. The molecular weight excluding hydrogens is 343 g/mol. The number of benzene rings is 2. The molecule has 1 atom stereocenters. The van der Waals surface area contributed by atoms with E-state index in [1.165, 1.54) is 12.1 Å². The van der Waals surface area contributed by atoms with Gasteiger partial charge in [0, 0.05) is 19.0 Å². The van der Waals surface area contributed by atoms with Gasteiger partial charge in [0.25, 0.3) is 0 Å². The number of rotatable bonds is 5. The fourth-order valence-corrected chi connectivity index (χ4v) is 3.40. The van der Waals surface area contributed by atoms with Crippen molar-refractivity contribution in [1.82, 2.24) is 4.90 Å². The SMILES string of the molecule is CCCCOC(=O)N1CCC(c2cc(-c3ccc(F)cc3)ccc2C#N)C1. The molecule has 4 nitrogen and oxygen atoms in total. The molecule has 1 fully saturated rings. The fraction of sp³-hybridized carbons (Fsp3) is 0.364. The van der Waals surface area contributed by atoms with Crippen molar-refractivity contribution in [3.63, 3.8) is 0 Å². The van der Waals surface area contributed by atoms with Crippen LogP contribution in [0.4, 0.5) is 9.18 Å². The maximum Gasteiger partial charge on any atom is 0.409 e. The van der Waals surface area contributed by atoms with E-state index < -0.39 is 0 Å². The Bertz CT molecular complexity index is 842. The van der Waals surface area contributed by atoms with Crippen LogP contribution < -0.4 is 0 Å². The molecule has 0 aliphatic carbocycles. The molecule has 0 N–H and O–H groups in total. The van der Waals surface area contributed by atoms with Crippen molar-refractivity contribution in [3.8, 4) is 17.2 Å². The van der Waals surface area contributed by atoms with Crippen molar-refractivity contribution in [1.29, 1.82) is 5.26 Å². The summed E-state index contributed by atoms with van der Waals surface area (Å²) in [6.45, 7) is 3.67. The Morgan fingerprint density at radius 1 is 1.26 bits per heavy atom. The molecule has 1 unspecified atom stereocenters. The van der Waals surface area contributed by atoms with Crippen molar-refractivity contribution in [2.24, 2.45) is 0 Å². The third-order valence-electron chi connectivity index (χ3n) is 4.96. The summed E-state index contributed by atoms with van der Waals surface area (Å²) in [7, 11) is 0. The van der Waals surface area contributed by atoms with Crippen molar-refractivity contribution >= 4 is 6.09 Å². The van der Waals surface area contributed by atoms with Gasteiger partial charge in [0.05, 0.1) is 18.2 Å². The standard InChI is InChI=1S/C22H23FN2O2/c1-2-3-12-27-22(26)25-11-10-19(15-25)21-13-17(4-5-18(21)14-24)16-6-8-20(23)9-7-16/h4-9,13,19H,2-3,10-12,15H2,1H3. The third-order valence-corrected chi connectivity index (χ3v) is 4.96. The first kappa shape index (κ1) is 18.9. The van der Waals surface area contributed by atoms with E-state index in [1.54, 1.807) is 23.1 Å². The molecule has 2 aromatic carbocycles. The second-order valence-electron chi connectivity index (χ2n) is 6.82. The van der Waals surface area contributed by atoms with E-state index in [2.05, 4.69) is 13.0 Å². The number of unbranched alkanes of at least 4 members (excludes halogenated alkanes) is 1. The number of likely N-dealkylation sites (tertiary alicyclic amines) is 1. The van der Waals surface area contributed by atoms with Crippen molar-refractivity contribution in [2.75, 3.05) is 19.7 Å². The molecule has 1 saturated heterocycles. The number of hydrogen-bond acceptors (Lipinski definition) is 3. The van der Waals surface area contributed by atoms with Gasteiger partial charge in [-0.05, 0) is 53.8 Å². The number of carbonyl (C=O) groups is 1. The number of hydrogen-bond donors (Lipinski definition) is 0. The highest BCUT2D eigenvalue weighted by atomic mass is 19.1. The lowest BCUT2D eigenvalue weighted by Gasteiger charge is -2.17. The molecular formula is C22H23FN2O2. The van der Waals surface area contributed by atoms with Crippen LogP contribution >= 0.6 is 0 Å². The average Bonchev–Trinajstić information content (AvgIpc) is 3.18. The predicted octanol–water partition coefficient (Wildman–Crippen LogP) is 5.09. The summed E-state index contributed by atoms with van der Waals surface area (Å²) in [6, 6.07) is 14.2. The Morgan fingerprint density at radius 3 is 2.70 bits per heavy atom. The zero-order chi connectivity index (χ0) is 19.2. The maximum atomic E-state index is 13.2. The molecule has 1 amide bonds. The molecule has 3 rings (SSSR count). The second kappa shape index (κ2) is 8.68. The van der Waals surface area contributed by atoms with Crippen molar-refractivity contribution in [2.45, 2.75) is 32.1 Å². The van der Waals surface area contributed by atoms with Crippen LogP contribution in [0.25, 0.3) is 11.1 Å². The van der Waals surface area contributed by atoms with Gasteiger partial charge in [-0.25, -0.2) is 9.18 Å². The minimum absolute atomic E-state index is 0.0961. The second-order valence-corrected chi connectivity index (χ2v) is 6.82. The molecule has 0 aromatic heterocycles. The summed E-state index contributed by atoms with van der Waals surface area (Å²) in [4.78, 5) is 13.9. The minimum atomic E-state index is -0.279. The molecule has 140 valence electrons. The number of amides is 1. The maximum absolute atomic E-state index is 13.2. The molecule has 0 saturated carbocycles. The van der Waals surface area contributed by atoms with Crippen LogP contribution in [0.15, 0.2) is 42.5 Å². The first-order valence-electron chi connectivity index (χ1n) is 9.34. The van der Waals surface area contributed by atoms with Gasteiger partial charge in [0.2, 0.25) is 0 Å². The van der Waals surface area contributed by atoms with Gasteiger partial charge in [0.15, 0.2) is 0 Å². The topological polar surface area (TPSA) is 53.3 Å². The van der Waals surface area contributed by atoms with Crippen molar-refractivity contribution < 1.29 is 13.9 Å². The van der Waals surface area contributed by atoms with Gasteiger partial charge in [-0.1, -0.05) is 31.5 Å². The van der Waals surface area contributed by atoms with E-state index in [-0.39, 0.29) is 17.8 Å². The lowest BCUT2D eigenvalue weighted by molar-refractivity contribution is 0.109. The van der Waals surface area contributed by atoms with Crippen LogP contribution in [-0.4, -0.2) is 30.7 Å². The molecule has 0 radical (unpaired) electrons. The highest BCUT2D eigenvalue weighted by Crippen LogP contribution is 2.33. The first-order valence-corrected chi connectivity index (χ1v) is 9.34. The molecule has 2 aromatic rings. The Balaban J connectivity index is 1.77. The molecule has 0 spiro atoms. The molecule has 5 heteroatoms. The smallest absolute Gasteiger partial charge is 0.409 e. The van der Waals surface area contributed by atoms with Gasteiger partial charge < -0.3 is 9.64 Å². The van der Waals surface area contributed by atoms with Gasteiger partial charge in [-0.3, -0.25) is 0 Å². The number of nitrogens with zero attached hydrogens (tertiary/aromatic N) is 2. The molecule has 1 aliphatic rings. The number of halogens is 1. The largest absolute Gasteiger partial charge is 0.449 e. The van der Waals surface area contributed by atoms with Gasteiger partial charge in [-0.15, -0.1) is 0 Å². The van der Waals surface area contributed by atoms with Crippen LogP contribution in [0.1, 0.15) is 43.2 Å². The van der Waals surface area contributed by atoms with Crippen LogP contribution in [-0.2, 0) is 4.74 Å². The number of nitriles is 1. The predicted molar refractivity (Wildman–Crippen MR) is 102 cm³/mol. The highest BCUT2D eigenvalue weighted by molar-refractivity contribution is 5.69. The summed E-state index contributed by atoms with van der Waals surface area (Å²) in [5.74, 6) is -0.181.